The van der Waals surface area contributed by atoms with Crippen molar-refractivity contribution >= 4 is 29.2 Å². The van der Waals surface area contributed by atoms with Crippen LogP contribution in [0.3, 0.4) is 0 Å². The summed E-state index contributed by atoms with van der Waals surface area (Å²) < 4.78 is 24.5. The van der Waals surface area contributed by atoms with Crippen molar-refractivity contribution in [1.82, 2.24) is 0 Å². The number of fused-ring (bicyclic) bond motifs is 1. The van der Waals surface area contributed by atoms with Gasteiger partial charge in [-0.1, -0.05) is 18.2 Å². The quantitative estimate of drug-likeness (QED) is 0.382. The number of ether oxygens (including phenoxy) is 2. The summed E-state index contributed by atoms with van der Waals surface area (Å²) in [4.78, 5) is 25.4. The van der Waals surface area contributed by atoms with Crippen LogP contribution in [0.5, 0.6) is 11.5 Å². The number of allylic oxidation sites excluding steroid dienone is 1. The fourth-order valence-electron chi connectivity index (χ4n) is 2.52. The van der Waals surface area contributed by atoms with E-state index in [0.717, 1.165) is 4.88 Å². The number of benzene rings is 2. The highest BCUT2D eigenvalue weighted by molar-refractivity contribution is 7.10. The summed E-state index contributed by atoms with van der Waals surface area (Å²) in [5.74, 6) is -1.03. The lowest BCUT2D eigenvalue weighted by molar-refractivity contribution is 0.0729. The first kappa shape index (κ1) is 16.2. The molecule has 0 saturated carbocycles. The first-order valence-electron chi connectivity index (χ1n) is 7.70. The predicted octanol–water partition coefficient (Wildman–Crippen LogP) is 4.72. The molecule has 0 amide bonds. The smallest absolute Gasteiger partial charge is 0.346 e. The molecular formula is C20H11FO4S. The normalized spacial score (nSPS) is 14.2. The number of ketones is 1. The Balaban J connectivity index is 1.57. The highest BCUT2D eigenvalue weighted by Gasteiger charge is 2.28. The van der Waals surface area contributed by atoms with E-state index in [1.54, 1.807) is 12.1 Å². The molecule has 0 bridgehead atoms. The number of rotatable bonds is 3. The van der Waals surface area contributed by atoms with E-state index in [4.69, 9.17) is 9.47 Å². The number of Topliss-reactive ketones (excluding diaryl/α,β-unsaturated/α-hetero) is 1. The summed E-state index contributed by atoms with van der Waals surface area (Å²) in [6, 6.07) is 13.8. The maximum Gasteiger partial charge on any atom is 0.346 e. The lowest BCUT2D eigenvalue weighted by atomic mass is 10.1. The minimum absolute atomic E-state index is 0.164. The molecule has 1 aliphatic heterocycles. The summed E-state index contributed by atoms with van der Waals surface area (Å²) in [6.45, 7) is 0. The number of esters is 1. The van der Waals surface area contributed by atoms with E-state index < -0.39 is 11.8 Å². The Morgan fingerprint density at radius 3 is 2.73 bits per heavy atom. The molecule has 1 aromatic heterocycles. The number of hydrogen-bond donors (Lipinski definition) is 0. The van der Waals surface area contributed by atoms with Crippen LogP contribution in [-0.2, 0) is 0 Å². The molecule has 0 fully saturated rings. The lowest BCUT2D eigenvalue weighted by Gasteiger charge is -2.06. The molecule has 0 N–H and O–H groups in total. The predicted molar refractivity (Wildman–Crippen MR) is 95.1 cm³/mol. The van der Waals surface area contributed by atoms with Gasteiger partial charge >= 0.3 is 5.97 Å². The monoisotopic (exact) mass is 366 g/mol. The van der Waals surface area contributed by atoms with Gasteiger partial charge in [0.2, 0.25) is 5.78 Å². The van der Waals surface area contributed by atoms with E-state index in [2.05, 4.69) is 0 Å². The third kappa shape index (κ3) is 3.02. The van der Waals surface area contributed by atoms with E-state index in [9.17, 15) is 14.0 Å². The summed E-state index contributed by atoms with van der Waals surface area (Å²) in [5.41, 5.74) is 0.224. The first-order valence-corrected chi connectivity index (χ1v) is 8.58. The minimum atomic E-state index is -0.818. The zero-order valence-electron chi connectivity index (χ0n) is 13.3. The van der Waals surface area contributed by atoms with Crippen LogP contribution in [0.4, 0.5) is 4.39 Å². The van der Waals surface area contributed by atoms with Crippen LogP contribution in [0.2, 0.25) is 0 Å². The Morgan fingerprint density at radius 1 is 1.12 bits per heavy atom. The van der Waals surface area contributed by atoms with E-state index in [1.165, 1.54) is 47.7 Å². The molecular weight excluding hydrogens is 355 g/mol. The van der Waals surface area contributed by atoms with Crippen molar-refractivity contribution in [3.05, 3.63) is 87.6 Å². The summed E-state index contributed by atoms with van der Waals surface area (Å²) in [6.07, 6.45) is 1.66. The molecule has 128 valence electrons. The molecule has 3 aromatic rings. The molecule has 0 saturated heterocycles. The van der Waals surface area contributed by atoms with Crippen molar-refractivity contribution < 1.29 is 23.5 Å². The zero-order valence-corrected chi connectivity index (χ0v) is 14.1. The first-order chi connectivity index (χ1) is 12.6. The zero-order chi connectivity index (χ0) is 18.1. The van der Waals surface area contributed by atoms with Gasteiger partial charge in [0.1, 0.15) is 17.3 Å². The highest BCUT2D eigenvalue weighted by atomic mass is 32.1. The molecule has 0 unspecified atom stereocenters. The van der Waals surface area contributed by atoms with Crippen molar-refractivity contribution in [3.8, 4) is 11.5 Å². The molecule has 4 rings (SSSR count). The molecule has 2 heterocycles. The van der Waals surface area contributed by atoms with Gasteiger partial charge in [-0.25, -0.2) is 9.18 Å². The Kier molecular flexibility index (Phi) is 4.10. The Bertz CT molecular complexity index is 1040. The van der Waals surface area contributed by atoms with E-state index in [1.807, 2.05) is 17.5 Å². The molecule has 26 heavy (non-hydrogen) atoms. The average Bonchev–Trinajstić information content (AvgIpc) is 3.24. The fraction of sp³-hybridized carbons (Fsp3) is 0. The van der Waals surface area contributed by atoms with Gasteiger partial charge in [-0.2, -0.15) is 0 Å². The maximum absolute atomic E-state index is 13.7. The van der Waals surface area contributed by atoms with Gasteiger partial charge in [0.05, 0.1) is 11.1 Å². The van der Waals surface area contributed by atoms with Crippen LogP contribution in [-0.4, -0.2) is 11.8 Å². The van der Waals surface area contributed by atoms with Crippen molar-refractivity contribution in [2.75, 3.05) is 0 Å². The number of halogens is 1. The van der Waals surface area contributed by atoms with Crippen LogP contribution in [0, 0.1) is 5.82 Å². The Hall–Kier alpha value is -3.25. The van der Waals surface area contributed by atoms with Gasteiger partial charge < -0.3 is 9.47 Å². The van der Waals surface area contributed by atoms with E-state index in [0.29, 0.717) is 11.3 Å². The third-order valence-electron chi connectivity index (χ3n) is 3.76. The molecule has 0 radical (unpaired) electrons. The number of thiophene rings is 1. The van der Waals surface area contributed by atoms with Gasteiger partial charge in [0, 0.05) is 17.0 Å². The van der Waals surface area contributed by atoms with Gasteiger partial charge in [-0.3, -0.25) is 4.79 Å². The van der Waals surface area contributed by atoms with Gasteiger partial charge in [0.25, 0.3) is 0 Å². The van der Waals surface area contributed by atoms with Gasteiger partial charge in [-0.15, -0.1) is 11.3 Å². The van der Waals surface area contributed by atoms with Crippen LogP contribution >= 0.6 is 11.3 Å². The average molecular weight is 366 g/mol. The second-order valence-electron chi connectivity index (χ2n) is 5.48. The summed E-state index contributed by atoms with van der Waals surface area (Å²) in [7, 11) is 0. The van der Waals surface area contributed by atoms with Crippen molar-refractivity contribution in [1.29, 1.82) is 0 Å². The van der Waals surface area contributed by atoms with Crippen molar-refractivity contribution in [3.63, 3.8) is 0 Å². The second-order valence-corrected chi connectivity index (χ2v) is 6.46. The van der Waals surface area contributed by atoms with Crippen LogP contribution < -0.4 is 9.47 Å². The molecule has 2 aromatic carbocycles. The molecule has 0 atom stereocenters. The summed E-state index contributed by atoms with van der Waals surface area (Å²) in [5, 5.41) is 1.90. The largest absolute Gasteiger partial charge is 0.452 e. The van der Waals surface area contributed by atoms with Gasteiger partial charge in [0.15, 0.2) is 5.76 Å². The molecule has 4 nitrogen and oxygen atoms in total. The lowest BCUT2D eigenvalue weighted by Crippen LogP contribution is -2.10. The Morgan fingerprint density at radius 2 is 1.96 bits per heavy atom. The highest BCUT2D eigenvalue weighted by Crippen LogP contribution is 2.35. The van der Waals surface area contributed by atoms with E-state index >= 15 is 0 Å². The van der Waals surface area contributed by atoms with Crippen molar-refractivity contribution in [2.45, 2.75) is 0 Å². The van der Waals surface area contributed by atoms with Crippen LogP contribution in [0.25, 0.3) is 6.08 Å². The van der Waals surface area contributed by atoms with Crippen molar-refractivity contribution in [2.24, 2.45) is 0 Å². The summed E-state index contributed by atoms with van der Waals surface area (Å²) >= 11 is 1.49. The topological polar surface area (TPSA) is 52.6 Å². The van der Waals surface area contributed by atoms with E-state index in [-0.39, 0.29) is 22.9 Å². The van der Waals surface area contributed by atoms with Gasteiger partial charge in [-0.05, 0) is 35.7 Å². The fourth-order valence-corrected chi connectivity index (χ4v) is 3.17. The third-order valence-corrected chi connectivity index (χ3v) is 4.58. The Labute approximate surface area is 152 Å². The second kappa shape index (κ2) is 6.57. The number of carbonyl (C=O) groups excluding carboxylic acids is 2. The number of hydrogen-bond acceptors (Lipinski definition) is 5. The molecule has 0 spiro atoms. The van der Waals surface area contributed by atoms with Crippen LogP contribution in [0.15, 0.2) is 65.7 Å². The molecule has 1 aliphatic rings. The SMILES string of the molecule is O=C(Oc1ccc2c(c1)O/C(=C\c1cccs1)C2=O)c1ccccc1F. The minimum Gasteiger partial charge on any atom is -0.452 e. The molecule has 6 heteroatoms. The van der Waals surface area contributed by atoms with Crippen LogP contribution in [0.1, 0.15) is 25.6 Å². The number of carbonyl (C=O) groups is 2. The maximum atomic E-state index is 13.7. The molecule has 0 aliphatic carbocycles. The standard InChI is InChI=1S/C20H11FO4S/c21-16-6-2-1-5-14(16)20(23)24-12-7-8-15-17(10-12)25-18(19(15)22)11-13-4-3-9-26-13/h1-11H/b18-11-.